The number of ether oxygens (including phenoxy) is 1. The van der Waals surface area contributed by atoms with Crippen LogP contribution < -0.4 is 0 Å². The van der Waals surface area contributed by atoms with Crippen molar-refractivity contribution < 1.29 is 9.53 Å². The molecule has 0 aliphatic heterocycles. The van der Waals surface area contributed by atoms with Gasteiger partial charge in [-0.05, 0) is 11.6 Å². The molecule has 0 spiro atoms. The molecule has 3 heteroatoms. The summed E-state index contributed by atoms with van der Waals surface area (Å²) in [5.74, 6) is -0.257. The van der Waals surface area contributed by atoms with Gasteiger partial charge in [0, 0.05) is 0 Å². The minimum Gasteiger partial charge on any atom is -0.465 e. The summed E-state index contributed by atoms with van der Waals surface area (Å²) < 4.78 is 4.64. The molecule has 0 saturated carbocycles. The number of hydrogen-bond donors (Lipinski definition) is 0. The van der Waals surface area contributed by atoms with Gasteiger partial charge in [0.05, 0.1) is 12.7 Å². The minimum atomic E-state index is -0.257. The molecular formula is C9H11BO2. The van der Waals surface area contributed by atoms with Crippen LogP contribution >= 0.6 is 0 Å². The van der Waals surface area contributed by atoms with E-state index in [1.54, 1.807) is 6.07 Å². The Morgan fingerprint density at radius 1 is 1.50 bits per heavy atom. The smallest absolute Gasteiger partial charge is 0.338 e. The van der Waals surface area contributed by atoms with E-state index in [2.05, 4.69) is 4.74 Å². The Morgan fingerprint density at radius 2 is 2.17 bits per heavy atom. The first-order chi connectivity index (χ1) is 5.79. The van der Waals surface area contributed by atoms with Crippen LogP contribution in [0.5, 0.6) is 0 Å². The van der Waals surface area contributed by atoms with Crippen molar-refractivity contribution in [1.29, 1.82) is 0 Å². The van der Waals surface area contributed by atoms with Gasteiger partial charge in [0.25, 0.3) is 0 Å². The van der Waals surface area contributed by atoms with Gasteiger partial charge >= 0.3 is 5.97 Å². The lowest BCUT2D eigenvalue weighted by Crippen LogP contribution is -2.05. The molecule has 62 valence electrons. The summed E-state index contributed by atoms with van der Waals surface area (Å²) in [6.07, 6.45) is 0.852. The van der Waals surface area contributed by atoms with Crippen LogP contribution in [0.1, 0.15) is 15.9 Å². The Kier molecular flexibility index (Phi) is 2.91. The number of esters is 1. The minimum absolute atomic E-state index is 0.257. The fraction of sp³-hybridized carbons (Fsp3) is 0.222. The zero-order chi connectivity index (χ0) is 8.97. The van der Waals surface area contributed by atoms with E-state index in [9.17, 15) is 4.79 Å². The molecule has 0 aromatic heterocycles. The number of carbonyl (C=O) groups excluding carboxylic acids is 1. The van der Waals surface area contributed by atoms with Crippen LogP contribution in [0, 0.1) is 0 Å². The van der Waals surface area contributed by atoms with Gasteiger partial charge in [0.1, 0.15) is 7.85 Å². The van der Waals surface area contributed by atoms with E-state index in [0.717, 1.165) is 11.9 Å². The maximum absolute atomic E-state index is 11.2. The van der Waals surface area contributed by atoms with Gasteiger partial charge < -0.3 is 4.74 Å². The van der Waals surface area contributed by atoms with Crippen LogP contribution in [-0.4, -0.2) is 20.9 Å². The Balaban J connectivity index is 3.04. The topological polar surface area (TPSA) is 26.3 Å². The fourth-order valence-electron chi connectivity index (χ4n) is 1.14. The SMILES string of the molecule is BCc1ccccc1C(=O)OC. The van der Waals surface area contributed by atoms with Crippen LogP contribution in [0.25, 0.3) is 0 Å². The molecule has 1 aromatic carbocycles. The van der Waals surface area contributed by atoms with Crippen molar-refractivity contribution in [3.05, 3.63) is 35.4 Å². The van der Waals surface area contributed by atoms with Crippen molar-refractivity contribution in [1.82, 2.24) is 0 Å². The van der Waals surface area contributed by atoms with E-state index in [0.29, 0.717) is 5.56 Å². The predicted octanol–water partition coefficient (Wildman–Crippen LogP) is 0.606. The summed E-state index contributed by atoms with van der Waals surface area (Å²) in [7, 11) is 3.41. The van der Waals surface area contributed by atoms with Crippen LogP contribution in [0.4, 0.5) is 0 Å². The fourth-order valence-corrected chi connectivity index (χ4v) is 1.14. The summed E-state index contributed by atoms with van der Waals surface area (Å²) in [6, 6.07) is 7.48. The summed E-state index contributed by atoms with van der Waals surface area (Å²) in [5.41, 5.74) is 1.70. The Morgan fingerprint density at radius 3 is 2.75 bits per heavy atom. The molecule has 0 saturated heterocycles. The summed E-state index contributed by atoms with van der Waals surface area (Å²) in [6.45, 7) is 0. The van der Waals surface area contributed by atoms with Crippen molar-refractivity contribution in [3.63, 3.8) is 0 Å². The molecule has 2 nitrogen and oxygen atoms in total. The zero-order valence-corrected chi connectivity index (χ0v) is 7.33. The van der Waals surface area contributed by atoms with E-state index < -0.39 is 0 Å². The van der Waals surface area contributed by atoms with Crippen LogP contribution in [0.3, 0.4) is 0 Å². The monoisotopic (exact) mass is 162 g/mol. The number of carbonyl (C=O) groups is 1. The van der Waals surface area contributed by atoms with Gasteiger partial charge in [-0.15, -0.1) is 0 Å². The largest absolute Gasteiger partial charge is 0.465 e. The zero-order valence-electron chi connectivity index (χ0n) is 7.33. The molecule has 0 aliphatic rings. The van der Waals surface area contributed by atoms with Crippen molar-refractivity contribution in [2.24, 2.45) is 0 Å². The number of methoxy groups -OCH3 is 1. The lowest BCUT2D eigenvalue weighted by Gasteiger charge is -2.03. The van der Waals surface area contributed by atoms with Gasteiger partial charge in [-0.2, -0.15) is 0 Å². The Bertz CT molecular complexity index is 284. The lowest BCUT2D eigenvalue weighted by atomic mass is 9.93. The first kappa shape index (κ1) is 8.85. The van der Waals surface area contributed by atoms with Gasteiger partial charge in [-0.1, -0.05) is 24.5 Å². The highest BCUT2D eigenvalue weighted by Crippen LogP contribution is 2.09. The molecule has 1 aromatic rings. The molecular weight excluding hydrogens is 151 g/mol. The van der Waals surface area contributed by atoms with Crippen LogP contribution in [0.2, 0.25) is 0 Å². The summed E-state index contributed by atoms with van der Waals surface area (Å²) >= 11 is 0. The van der Waals surface area contributed by atoms with Crippen LogP contribution in [0.15, 0.2) is 24.3 Å². The van der Waals surface area contributed by atoms with E-state index in [1.807, 2.05) is 26.0 Å². The van der Waals surface area contributed by atoms with E-state index in [1.165, 1.54) is 7.11 Å². The molecule has 12 heavy (non-hydrogen) atoms. The molecule has 0 amide bonds. The molecule has 0 N–H and O–H groups in total. The molecule has 0 heterocycles. The highest BCUT2D eigenvalue weighted by atomic mass is 16.5. The second kappa shape index (κ2) is 3.95. The molecule has 0 fully saturated rings. The molecule has 0 unspecified atom stereocenters. The third-order valence-corrected chi connectivity index (χ3v) is 1.80. The van der Waals surface area contributed by atoms with Crippen LogP contribution in [-0.2, 0) is 11.1 Å². The number of rotatable bonds is 2. The maximum Gasteiger partial charge on any atom is 0.338 e. The van der Waals surface area contributed by atoms with Crippen molar-refractivity contribution in [3.8, 4) is 0 Å². The van der Waals surface area contributed by atoms with Crippen molar-refractivity contribution >= 4 is 13.8 Å². The maximum atomic E-state index is 11.2. The second-order valence-corrected chi connectivity index (χ2v) is 2.50. The summed E-state index contributed by atoms with van der Waals surface area (Å²) in [4.78, 5) is 11.2. The van der Waals surface area contributed by atoms with Crippen molar-refractivity contribution in [2.75, 3.05) is 7.11 Å². The highest BCUT2D eigenvalue weighted by Gasteiger charge is 2.08. The van der Waals surface area contributed by atoms with Gasteiger partial charge in [0.15, 0.2) is 0 Å². The van der Waals surface area contributed by atoms with Crippen molar-refractivity contribution in [2.45, 2.75) is 6.32 Å². The predicted molar refractivity (Wildman–Crippen MR) is 50.0 cm³/mol. The molecule has 1 rings (SSSR count). The Labute approximate surface area is 73.0 Å². The molecule has 0 aliphatic carbocycles. The quantitative estimate of drug-likeness (QED) is 0.470. The van der Waals surface area contributed by atoms with E-state index in [-0.39, 0.29) is 5.97 Å². The molecule has 0 atom stereocenters. The van der Waals surface area contributed by atoms with E-state index >= 15 is 0 Å². The number of benzene rings is 1. The molecule has 0 radical (unpaired) electrons. The third-order valence-electron chi connectivity index (χ3n) is 1.80. The first-order valence-electron chi connectivity index (χ1n) is 3.95. The lowest BCUT2D eigenvalue weighted by molar-refractivity contribution is 0.0600. The first-order valence-corrected chi connectivity index (χ1v) is 3.95. The summed E-state index contributed by atoms with van der Waals surface area (Å²) in [5, 5.41) is 0. The molecule has 0 bridgehead atoms. The van der Waals surface area contributed by atoms with Gasteiger partial charge in [-0.25, -0.2) is 4.79 Å². The average molecular weight is 162 g/mol. The average Bonchev–Trinajstić information content (AvgIpc) is 2.16. The van der Waals surface area contributed by atoms with E-state index in [4.69, 9.17) is 0 Å². The second-order valence-electron chi connectivity index (χ2n) is 2.50. The number of hydrogen-bond acceptors (Lipinski definition) is 2. The van der Waals surface area contributed by atoms with Gasteiger partial charge in [0.2, 0.25) is 0 Å². The van der Waals surface area contributed by atoms with Gasteiger partial charge in [-0.3, -0.25) is 0 Å². The highest BCUT2D eigenvalue weighted by molar-refractivity contribution is 6.09. The standard InChI is InChI=1S/C9H11BO2/c1-12-9(11)8-5-3-2-4-7(8)6-10/h2-5H,6,10H2,1H3. The third kappa shape index (κ3) is 1.67. The normalized spacial score (nSPS) is 9.42. The Hall–Kier alpha value is -1.25.